The molecular formula is C25H33N5O6. The van der Waals surface area contributed by atoms with Crippen LogP contribution in [0.5, 0.6) is 0 Å². The Balaban J connectivity index is 2.20. The molecule has 1 aromatic carbocycles. The molecule has 0 spiro atoms. The van der Waals surface area contributed by atoms with Crippen LogP contribution in [0.15, 0.2) is 30.5 Å². The van der Waals surface area contributed by atoms with Gasteiger partial charge >= 0.3 is 5.97 Å². The zero-order valence-electron chi connectivity index (χ0n) is 20.8. The second kappa shape index (κ2) is 13.2. The number of Topliss-reactive ketones (excluding diaryl/α,β-unsaturated/α-hetero) is 1. The Bertz CT molecular complexity index is 1130. The van der Waals surface area contributed by atoms with Gasteiger partial charge in [0.25, 0.3) is 0 Å². The van der Waals surface area contributed by atoms with E-state index in [4.69, 9.17) is 10.1 Å². The van der Waals surface area contributed by atoms with Crippen LogP contribution in [0.25, 0.3) is 10.9 Å². The molecule has 0 bridgehead atoms. The van der Waals surface area contributed by atoms with E-state index in [1.54, 1.807) is 20.0 Å². The fourth-order valence-electron chi connectivity index (χ4n) is 3.58. The van der Waals surface area contributed by atoms with Crippen LogP contribution in [0.1, 0.15) is 46.1 Å². The van der Waals surface area contributed by atoms with Crippen LogP contribution in [0.2, 0.25) is 0 Å². The minimum Gasteiger partial charge on any atom is -0.461 e. The standard InChI is InChI=1S/C25H33N5O6/c1-14(2)36-25(35)15(3)28-23(33)21(10-9-18(32)12-26)30-24(34)22(29-16(4)31)11-17-13-27-20-8-6-5-7-19(17)20/h5-8,12-15,21-22,26-27H,9-11H2,1-4H3,(H,28,33)(H,29,31)(H,30,34)/t15-,21-,22-/m0/s1. The highest BCUT2D eigenvalue weighted by atomic mass is 16.5. The third kappa shape index (κ3) is 8.33. The molecule has 2 rings (SSSR count). The van der Waals surface area contributed by atoms with Crippen LogP contribution < -0.4 is 16.0 Å². The number of fused-ring (bicyclic) bond motifs is 1. The predicted molar refractivity (Wildman–Crippen MR) is 133 cm³/mol. The van der Waals surface area contributed by atoms with Crippen molar-refractivity contribution in [1.82, 2.24) is 20.9 Å². The molecule has 1 heterocycles. The van der Waals surface area contributed by atoms with Gasteiger partial charge in [-0.3, -0.25) is 19.2 Å². The lowest BCUT2D eigenvalue weighted by atomic mass is 10.0. The van der Waals surface area contributed by atoms with Crippen molar-refractivity contribution in [3.05, 3.63) is 36.0 Å². The molecule has 0 saturated carbocycles. The van der Waals surface area contributed by atoms with E-state index in [9.17, 15) is 24.0 Å². The number of carbonyl (C=O) groups excluding carboxylic acids is 5. The molecule has 5 N–H and O–H groups in total. The Morgan fingerprint density at radius 1 is 1.00 bits per heavy atom. The third-order valence-corrected chi connectivity index (χ3v) is 5.33. The Morgan fingerprint density at radius 2 is 1.67 bits per heavy atom. The van der Waals surface area contributed by atoms with Gasteiger partial charge in [-0.25, -0.2) is 4.79 Å². The molecule has 0 fully saturated rings. The minimum atomic E-state index is -1.19. The van der Waals surface area contributed by atoms with E-state index in [1.165, 1.54) is 13.8 Å². The first kappa shape index (κ1) is 28.2. The molecule has 2 aromatic rings. The Morgan fingerprint density at radius 3 is 2.31 bits per heavy atom. The quantitative estimate of drug-likeness (QED) is 0.204. The van der Waals surface area contributed by atoms with Crippen molar-refractivity contribution >= 4 is 46.6 Å². The van der Waals surface area contributed by atoms with Crippen molar-refractivity contribution < 1.29 is 28.7 Å². The number of esters is 1. The summed E-state index contributed by atoms with van der Waals surface area (Å²) >= 11 is 0. The Labute approximate surface area is 209 Å². The summed E-state index contributed by atoms with van der Waals surface area (Å²) in [7, 11) is 0. The van der Waals surface area contributed by atoms with Gasteiger partial charge in [0.1, 0.15) is 18.1 Å². The molecule has 0 unspecified atom stereocenters. The molecule has 0 aliphatic rings. The molecule has 0 aliphatic heterocycles. The van der Waals surface area contributed by atoms with Gasteiger partial charge in [-0.05, 0) is 38.8 Å². The first-order chi connectivity index (χ1) is 17.0. The number of hydrogen-bond acceptors (Lipinski definition) is 7. The topological polar surface area (TPSA) is 170 Å². The monoisotopic (exact) mass is 499 g/mol. The molecule has 36 heavy (non-hydrogen) atoms. The molecule has 3 amide bonds. The molecule has 1 aromatic heterocycles. The largest absolute Gasteiger partial charge is 0.461 e. The lowest BCUT2D eigenvalue weighted by molar-refractivity contribution is -0.151. The van der Waals surface area contributed by atoms with E-state index in [1.807, 2.05) is 24.3 Å². The highest BCUT2D eigenvalue weighted by Gasteiger charge is 2.29. The Kier molecular flexibility index (Phi) is 10.3. The number of hydrogen-bond donors (Lipinski definition) is 5. The number of aromatic nitrogens is 1. The van der Waals surface area contributed by atoms with Crippen LogP contribution in [0, 0.1) is 5.41 Å². The molecule has 194 valence electrons. The summed E-state index contributed by atoms with van der Waals surface area (Å²) in [5, 5.41) is 15.7. The SMILES string of the molecule is CC(=O)N[C@@H](Cc1c[nH]c2ccccc12)C(=O)N[C@@H](CCC(=O)C=N)C(=O)N[C@@H](C)C(=O)OC(C)C. The van der Waals surface area contributed by atoms with E-state index in [2.05, 4.69) is 20.9 Å². The molecule has 0 saturated heterocycles. The average Bonchev–Trinajstić information content (AvgIpc) is 3.22. The van der Waals surface area contributed by atoms with Gasteiger partial charge in [0.05, 0.1) is 12.3 Å². The predicted octanol–water partition coefficient (Wildman–Crippen LogP) is 1.16. The van der Waals surface area contributed by atoms with E-state index < -0.39 is 47.6 Å². The molecule has 11 heteroatoms. The average molecular weight is 500 g/mol. The number of ether oxygens (including phenoxy) is 1. The lowest BCUT2D eigenvalue weighted by Crippen LogP contribution is -2.56. The summed E-state index contributed by atoms with van der Waals surface area (Å²) in [4.78, 5) is 64.8. The third-order valence-electron chi connectivity index (χ3n) is 5.33. The maximum absolute atomic E-state index is 13.2. The second-order valence-corrected chi connectivity index (χ2v) is 8.74. The van der Waals surface area contributed by atoms with Gasteiger partial charge in [0.2, 0.25) is 17.7 Å². The van der Waals surface area contributed by atoms with Crippen LogP contribution in [-0.4, -0.2) is 64.9 Å². The van der Waals surface area contributed by atoms with Crippen LogP contribution in [0.3, 0.4) is 0 Å². The molecule has 3 atom stereocenters. The highest BCUT2D eigenvalue weighted by Crippen LogP contribution is 2.19. The molecule has 0 radical (unpaired) electrons. The van der Waals surface area contributed by atoms with Crippen molar-refractivity contribution in [3.63, 3.8) is 0 Å². The highest BCUT2D eigenvalue weighted by molar-refractivity contribution is 6.26. The zero-order valence-corrected chi connectivity index (χ0v) is 20.8. The van der Waals surface area contributed by atoms with Gasteiger partial charge in [-0.1, -0.05) is 18.2 Å². The van der Waals surface area contributed by atoms with Crippen molar-refractivity contribution in [1.29, 1.82) is 5.41 Å². The Hall–Kier alpha value is -4.02. The van der Waals surface area contributed by atoms with Crippen molar-refractivity contribution in [2.75, 3.05) is 0 Å². The van der Waals surface area contributed by atoms with E-state index in [0.29, 0.717) is 6.21 Å². The van der Waals surface area contributed by atoms with Gasteiger partial charge in [0.15, 0.2) is 5.78 Å². The summed E-state index contributed by atoms with van der Waals surface area (Å²) in [6.07, 6.45) is 1.90. The maximum Gasteiger partial charge on any atom is 0.328 e. The number of amides is 3. The number of H-pyrrole nitrogens is 1. The zero-order chi connectivity index (χ0) is 26.8. The fourth-order valence-corrected chi connectivity index (χ4v) is 3.58. The normalized spacial score (nSPS) is 13.4. The minimum absolute atomic E-state index is 0.0996. The summed E-state index contributed by atoms with van der Waals surface area (Å²) in [6, 6.07) is 4.33. The fraction of sp³-hybridized carbons (Fsp3) is 0.440. The first-order valence-corrected chi connectivity index (χ1v) is 11.7. The molecule has 11 nitrogen and oxygen atoms in total. The van der Waals surface area contributed by atoms with Gasteiger partial charge in [-0.15, -0.1) is 0 Å². The lowest BCUT2D eigenvalue weighted by Gasteiger charge is -2.24. The smallest absolute Gasteiger partial charge is 0.328 e. The number of carbonyl (C=O) groups is 5. The van der Waals surface area contributed by atoms with Crippen molar-refractivity contribution in [2.45, 2.75) is 71.2 Å². The summed E-state index contributed by atoms with van der Waals surface area (Å²) in [6.45, 7) is 6.08. The number of nitrogens with one attached hydrogen (secondary N) is 5. The van der Waals surface area contributed by atoms with Crippen LogP contribution in [0.4, 0.5) is 0 Å². The van der Waals surface area contributed by atoms with Gasteiger partial charge in [0, 0.05) is 36.9 Å². The molecular weight excluding hydrogens is 466 g/mol. The summed E-state index contributed by atoms with van der Waals surface area (Å²) in [5.74, 6) is -2.92. The number of benzene rings is 1. The number of aromatic amines is 1. The first-order valence-electron chi connectivity index (χ1n) is 11.7. The number of ketones is 1. The number of para-hydroxylation sites is 1. The van der Waals surface area contributed by atoms with Gasteiger partial charge < -0.3 is 31.1 Å². The van der Waals surface area contributed by atoms with Crippen molar-refractivity contribution in [2.24, 2.45) is 0 Å². The summed E-state index contributed by atoms with van der Waals surface area (Å²) < 4.78 is 5.09. The maximum atomic E-state index is 13.2. The van der Waals surface area contributed by atoms with E-state index in [-0.39, 0.29) is 25.4 Å². The van der Waals surface area contributed by atoms with E-state index >= 15 is 0 Å². The van der Waals surface area contributed by atoms with Crippen LogP contribution >= 0.6 is 0 Å². The number of rotatable bonds is 13. The summed E-state index contributed by atoms with van der Waals surface area (Å²) in [5.41, 5.74) is 1.67. The molecule has 0 aliphatic carbocycles. The van der Waals surface area contributed by atoms with Crippen LogP contribution in [-0.2, 0) is 35.1 Å². The van der Waals surface area contributed by atoms with E-state index in [0.717, 1.165) is 16.5 Å². The van der Waals surface area contributed by atoms with Crippen molar-refractivity contribution in [3.8, 4) is 0 Å². The second-order valence-electron chi connectivity index (χ2n) is 8.74. The van der Waals surface area contributed by atoms with Gasteiger partial charge in [-0.2, -0.15) is 0 Å².